The maximum Gasteiger partial charge on any atom is 0.321 e. The van der Waals surface area contributed by atoms with E-state index in [-0.39, 0.29) is 6.03 Å². The van der Waals surface area contributed by atoms with Gasteiger partial charge in [-0.15, -0.1) is 11.8 Å². The molecule has 0 saturated heterocycles. The normalized spacial score (nSPS) is 10.9. The average Bonchev–Trinajstić information content (AvgIpc) is 2.82. The first-order chi connectivity index (χ1) is 16.0. The smallest absolute Gasteiger partial charge is 0.321 e. The molecule has 0 bridgehead atoms. The third-order valence-electron chi connectivity index (χ3n) is 4.59. The molecule has 1 atom stereocenters. The van der Waals surface area contributed by atoms with Gasteiger partial charge in [-0.2, -0.15) is 0 Å². The average molecular weight is 493 g/mol. The summed E-state index contributed by atoms with van der Waals surface area (Å²) in [5.41, 5.74) is 2.89. The van der Waals surface area contributed by atoms with Crippen molar-refractivity contribution < 1.29 is 14.7 Å². The van der Waals surface area contributed by atoms with Gasteiger partial charge in [0, 0.05) is 23.7 Å². The summed E-state index contributed by atoms with van der Waals surface area (Å²) in [6.45, 7) is 29.0. The standard InChI is InChI=1S/C20H30N2O3S.C4H6.2C2H6/c1-7-20(6,18(23)24)26-17-10-9-16(15(5)13-17)11-12-22(8-2)19(25)21-14(3)4;1-3-4-2;2*1-2/h9-10,13H,3,7-8,11-12H2,1-2,4-6H3,(H,21,25)(H,23,24);3-4H,1-2H2;2*1-2H3. The summed E-state index contributed by atoms with van der Waals surface area (Å²) < 4.78 is -0.826. The molecule has 1 aromatic carbocycles. The van der Waals surface area contributed by atoms with Gasteiger partial charge < -0.3 is 15.3 Å². The number of rotatable bonds is 10. The first kappa shape index (κ1) is 36.1. The third-order valence-corrected chi connectivity index (χ3v) is 5.99. The lowest BCUT2D eigenvalue weighted by molar-refractivity contribution is -0.139. The SMILES string of the molecule is C=C(C)NC(=O)N(CC)CCc1ccc(SC(C)(CC)C(=O)O)cc1C.C=CC=C.CC.CC. The zero-order chi connectivity index (χ0) is 27.3. The van der Waals surface area contributed by atoms with Crippen molar-refractivity contribution in [3.8, 4) is 0 Å². The van der Waals surface area contributed by atoms with Gasteiger partial charge in [0.05, 0.1) is 0 Å². The number of carboxylic acid groups (broad SMARTS) is 1. The van der Waals surface area contributed by atoms with Crippen LogP contribution in [0.2, 0.25) is 0 Å². The number of urea groups is 1. The van der Waals surface area contributed by atoms with Gasteiger partial charge in [0.1, 0.15) is 4.75 Å². The van der Waals surface area contributed by atoms with Crippen LogP contribution in [0.25, 0.3) is 0 Å². The van der Waals surface area contributed by atoms with E-state index in [1.54, 1.807) is 30.9 Å². The molecule has 0 aliphatic carbocycles. The maximum absolute atomic E-state index is 12.1. The summed E-state index contributed by atoms with van der Waals surface area (Å²) in [4.78, 5) is 26.3. The Bertz CT molecular complexity index is 756. The van der Waals surface area contributed by atoms with E-state index in [9.17, 15) is 14.7 Å². The van der Waals surface area contributed by atoms with Crippen LogP contribution in [-0.2, 0) is 11.2 Å². The Hall–Kier alpha value is -2.47. The second-order valence-corrected chi connectivity index (χ2v) is 8.67. The number of nitrogens with zero attached hydrogens (tertiary/aromatic N) is 1. The Labute approximate surface area is 213 Å². The number of aliphatic carboxylic acids is 1. The number of amides is 2. The molecule has 0 aliphatic heterocycles. The molecule has 1 unspecified atom stereocenters. The van der Waals surface area contributed by atoms with Crippen molar-refractivity contribution in [2.45, 2.75) is 84.8 Å². The van der Waals surface area contributed by atoms with Gasteiger partial charge in [-0.3, -0.25) is 4.79 Å². The number of benzene rings is 1. The van der Waals surface area contributed by atoms with Crippen LogP contribution < -0.4 is 5.32 Å². The topological polar surface area (TPSA) is 69.6 Å². The van der Waals surface area contributed by atoms with E-state index in [0.717, 1.165) is 22.4 Å². The quantitative estimate of drug-likeness (QED) is 0.258. The highest BCUT2D eigenvalue weighted by Crippen LogP contribution is 2.36. The zero-order valence-corrected chi connectivity index (χ0v) is 23.8. The lowest BCUT2D eigenvalue weighted by Crippen LogP contribution is -2.40. The van der Waals surface area contributed by atoms with Gasteiger partial charge in [0.25, 0.3) is 0 Å². The molecule has 0 spiro atoms. The first-order valence-electron chi connectivity index (χ1n) is 12.0. The predicted molar refractivity (Wildman–Crippen MR) is 151 cm³/mol. The van der Waals surface area contributed by atoms with Gasteiger partial charge in [-0.25, -0.2) is 4.79 Å². The molecule has 5 nitrogen and oxygen atoms in total. The zero-order valence-electron chi connectivity index (χ0n) is 23.0. The van der Waals surface area contributed by atoms with Crippen LogP contribution in [0.15, 0.2) is 60.7 Å². The number of hydrogen-bond acceptors (Lipinski definition) is 3. The van der Waals surface area contributed by atoms with Crippen LogP contribution in [0.1, 0.15) is 72.9 Å². The molecule has 0 saturated carbocycles. The van der Waals surface area contributed by atoms with Gasteiger partial charge in [-0.05, 0) is 63.8 Å². The van der Waals surface area contributed by atoms with Crippen molar-refractivity contribution in [3.63, 3.8) is 0 Å². The summed E-state index contributed by atoms with van der Waals surface area (Å²) in [5.74, 6) is -0.797. The minimum atomic E-state index is -0.826. The molecule has 0 fully saturated rings. The van der Waals surface area contributed by atoms with Crippen LogP contribution in [0.5, 0.6) is 0 Å². The molecule has 0 heterocycles. The first-order valence-corrected chi connectivity index (χ1v) is 12.8. The monoisotopic (exact) mass is 492 g/mol. The number of thioether (sulfide) groups is 1. The number of carbonyl (C=O) groups excluding carboxylic acids is 1. The van der Waals surface area contributed by atoms with E-state index < -0.39 is 10.7 Å². The highest BCUT2D eigenvalue weighted by atomic mass is 32.2. The minimum Gasteiger partial charge on any atom is -0.480 e. The summed E-state index contributed by atoms with van der Waals surface area (Å²) in [7, 11) is 0. The molecule has 0 radical (unpaired) electrons. The van der Waals surface area contributed by atoms with Gasteiger partial charge in [-0.1, -0.05) is 72.6 Å². The van der Waals surface area contributed by atoms with E-state index in [2.05, 4.69) is 25.1 Å². The number of aryl methyl sites for hydroxylation is 1. The summed E-state index contributed by atoms with van der Waals surface area (Å²) in [5, 5.41) is 12.2. The largest absolute Gasteiger partial charge is 0.480 e. The summed E-state index contributed by atoms with van der Waals surface area (Å²) >= 11 is 1.38. The Morgan fingerprint density at radius 1 is 1.15 bits per heavy atom. The van der Waals surface area contributed by atoms with E-state index in [1.807, 2.05) is 66.7 Å². The molecular weight excluding hydrogens is 444 g/mol. The van der Waals surface area contributed by atoms with Crippen LogP contribution in [0.3, 0.4) is 0 Å². The van der Waals surface area contributed by atoms with Crippen molar-refractivity contribution in [1.29, 1.82) is 0 Å². The molecule has 0 aromatic heterocycles. The Morgan fingerprint density at radius 3 is 2.03 bits per heavy atom. The second-order valence-electron chi connectivity index (χ2n) is 7.09. The number of likely N-dealkylation sites (N-methyl/N-ethyl adjacent to an activating group) is 1. The van der Waals surface area contributed by atoms with E-state index in [0.29, 0.717) is 25.2 Å². The van der Waals surface area contributed by atoms with E-state index in [4.69, 9.17) is 0 Å². The van der Waals surface area contributed by atoms with Crippen LogP contribution in [0, 0.1) is 6.92 Å². The Morgan fingerprint density at radius 2 is 1.68 bits per heavy atom. The summed E-state index contributed by atoms with van der Waals surface area (Å²) in [6, 6.07) is 5.89. The molecule has 2 N–H and O–H groups in total. The van der Waals surface area contributed by atoms with Crippen molar-refractivity contribution in [2.75, 3.05) is 13.1 Å². The Kier molecular flexibility index (Phi) is 22.4. The minimum absolute atomic E-state index is 0.134. The molecule has 0 aliphatic rings. The molecule has 34 heavy (non-hydrogen) atoms. The lowest BCUT2D eigenvalue weighted by atomic mass is 10.1. The van der Waals surface area contributed by atoms with Gasteiger partial charge in [0.15, 0.2) is 0 Å². The third kappa shape index (κ3) is 14.6. The van der Waals surface area contributed by atoms with Crippen molar-refractivity contribution in [3.05, 3.63) is 66.9 Å². The van der Waals surface area contributed by atoms with E-state index in [1.165, 1.54) is 11.8 Å². The molecule has 194 valence electrons. The number of allylic oxidation sites excluding steroid dienone is 3. The molecule has 1 rings (SSSR count). The number of nitrogens with one attached hydrogen (secondary N) is 1. The van der Waals surface area contributed by atoms with Gasteiger partial charge in [0.2, 0.25) is 0 Å². The fraction of sp³-hybridized carbons (Fsp3) is 0.500. The Balaban J connectivity index is -0.00000106. The van der Waals surface area contributed by atoms with Crippen LogP contribution in [-0.4, -0.2) is 39.8 Å². The van der Waals surface area contributed by atoms with Crippen molar-refractivity contribution >= 4 is 23.8 Å². The number of carbonyl (C=O) groups is 2. The van der Waals surface area contributed by atoms with Crippen molar-refractivity contribution in [1.82, 2.24) is 10.2 Å². The number of carboxylic acids is 1. The van der Waals surface area contributed by atoms with Crippen molar-refractivity contribution in [2.24, 2.45) is 0 Å². The summed E-state index contributed by atoms with van der Waals surface area (Å²) in [6.07, 6.45) is 4.58. The van der Waals surface area contributed by atoms with E-state index >= 15 is 0 Å². The lowest BCUT2D eigenvalue weighted by Gasteiger charge is -2.23. The highest BCUT2D eigenvalue weighted by molar-refractivity contribution is 8.01. The second kappa shape index (κ2) is 21.1. The van der Waals surface area contributed by atoms with Crippen LogP contribution >= 0.6 is 11.8 Å². The van der Waals surface area contributed by atoms with Crippen LogP contribution in [0.4, 0.5) is 4.79 Å². The maximum atomic E-state index is 12.1. The molecular formula is C28H48N2O3S. The fourth-order valence-electron chi connectivity index (χ4n) is 2.46. The number of hydrogen-bond donors (Lipinski definition) is 2. The molecule has 2 amide bonds. The molecule has 1 aromatic rings. The van der Waals surface area contributed by atoms with Gasteiger partial charge >= 0.3 is 12.0 Å². The predicted octanol–water partition coefficient (Wildman–Crippen LogP) is 7.86. The fourth-order valence-corrected chi connectivity index (χ4v) is 3.58. The highest BCUT2D eigenvalue weighted by Gasteiger charge is 2.32. The molecule has 6 heteroatoms.